The van der Waals surface area contributed by atoms with Crippen molar-refractivity contribution in [3.05, 3.63) is 58.3 Å². The van der Waals surface area contributed by atoms with Gasteiger partial charge in [-0.1, -0.05) is 15.9 Å². The topological polar surface area (TPSA) is 38.3 Å². The van der Waals surface area contributed by atoms with Crippen LogP contribution < -0.4 is 10.1 Å². The lowest BCUT2D eigenvalue weighted by Crippen LogP contribution is -2.13. The minimum absolute atomic E-state index is 0.0709. The third-order valence-electron chi connectivity index (χ3n) is 2.67. The molecular formula is C16H15BrFNO2. The van der Waals surface area contributed by atoms with Gasteiger partial charge in [0.2, 0.25) is 0 Å². The highest BCUT2D eigenvalue weighted by atomic mass is 79.9. The van der Waals surface area contributed by atoms with Gasteiger partial charge in [-0.3, -0.25) is 4.79 Å². The lowest BCUT2D eigenvalue weighted by atomic mass is 10.2. The molecule has 2 aromatic carbocycles. The summed E-state index contributed by atoms with van der Waals surface area (Å²) in [6.45, 7) is 3.86. The molecule has 0 fully saturated rings. The van der Waals surface area contributed by atoms with Gasteiger partial charge in [-0.25, -0.2) is 4.39 Å². The molecule has 0 heterocycles. The van der Waals surface area contributed by atoms with Crippen molar-refractivity contribution in [3.8, 4) is 5.75 Å². The van der Waals surface area contributed by atoms with Gasteiger partial charge in [-0.15, -0.1) is 0 Å². The largest absolute Gasteiger partial charge is 0.491 e. The first-order valence-electron chi connectivity index (χ1n) is 6.49. The summed E-state index contributed by atoms with van der Waals surface area (Å²) in [5.74, 6) is -0.166. The van der Waals surface area contributed by atoms with Crippen molar-refractivity contribution in [1.29, 1.82) is 0 Å². The van der Waals surface area contributed by atoms with E-state index in [1.807, 2.05) is 13.8 Å². The lowest BCUT2D eigenvalue weighted by Gasteiger charge is -2.10. The average Bonchev–Trinajstić information content (AvgIpc) is 2.42. The van der Waals surface area contributed by atoms with Crippen molar-refractivity contribution >= 4 is 27.5 Å². The van der Waals surface area contributed by atoms with Crippen molar-refractivity contribution < 1.29 is 13.9 Å². The quantitative estimate of drug-likeness (QED) is 0.872. The van der Waals surface area contributed by atoms with Crippen molar-refractivity contribution in [1.82, 2.24) is 0 Å². The molecule has 21 heavy (non-hydrogen) atoms. The molecule has 0 aliphatic heterocycles. The van der Waals surface area contributed by atoms with Crippen molar-refractivity contribution in [3.63, 3.8) is 0 Å². The van der Waals surface area contributed by atoms with Crippen molar-refractivity contribution in [2.24, 2.45) is 0 Å². The Labute approximate surface area is 131 Å². The molecule has 2 rings (SSSR count). The van der Waals surface area contributed by atoms with Crippen LogP contribution in [0.5, 0.6) is 5.75 Å². The fourth-order valence-corrected chi connectivity index (χ4v) is 2.08. The smallest absolute Gasteiger partial charge is 0.255 e. The van der Waals surface area contributed by atoms with E-state index in [1.54, 1.807) is 30.3 Å². The van der Waals surface area contributed by atoms with E-state index in [-0.39, 0.29) is 17.7 Å². The van der Waals surface area contributed by atoms with E-state index in [0.29, 0.717) is 15.8 Å². The van der Waals surface area contributed by atoms with Crippen LogP contribution in [0.1, 0.15) is 24.2 Å². The Morgan fingerprint density at radius 2 is 1.86 bits per heavy atom. The molecule has 0 aromatic heterocycles. The van der Waals surface area contributed by atoms with Gasteiger partial charge in [0.15, 0.2) is 0 Å². The number of carbonyl (C=O) groups excluding carboxylic acids is 1. The standard InChI is InChI=1S/C16H15BrFNO2/c1-10(2)21-13-6-3-11(4-7-13)16(20)19-15-8-5-12(17)9-14(15)18/h3-10H,1-2H3,(H,19,20). The lowest BCUT2D eigenvalue weighted by molar-refractivity contribution is 0.102. The minimum Gasteiger partial charge on any atom is -0.491 e. The molecular weight excluding hydrogens is 337 g/mol. The molecule has 0 aliphatic carbocycles. The number of halogens is 2. The van der Waals surface area contributed by atoms with E-state index in [9.17, 15) is 9.18 Å². The van der Waals surface area contributed by atoms with E-state index >= 15 is 0 Å². The van der Waals surface area contributed by atoms with Crippen molar-refractivity contribution in [2.75, 3.05) is 5.32 Å². The van der Waals surface area contributed by atoms with Gasteiger partial charge in [-0.2, -0.15) is 0 Å². The number of rotatable bonds is 4. The maximum atomic E-state index is 13.7. The van der Waals surface area contributed by atoms with Gasteiger partial charge in [0.25, 0.3) is 5.91 Å². The summed E-state index contributed by atoms with van der Waals surface area (Å²) in [4.78, 5) is 12.1. The second-order valence-corrected chi connectivity index (χ2v) is 5.68. The Bertz CT molecular complexity index is 641. The molecule has 0 spiro atoms. The summed E-state index contributed by atoms with van der Waals surface area (Å²) in [5.41, 5.74) is 0.583. The number of amides is 1. The zero-order valence-corrected chi connectivity index (χ0v) is 13.3. The first-order valence-corrected chi connectivity index (χ1v) is 7.28. The Morgan fingerprint density at radius 1 is 1.19 bits per heavy atom. The minimum atomic E-state index is -0.488. The second kappa shape index (κ2) is 6.72. The molecule has 110 valence electrons. The van der Waals surface area contributed by atoms with E-state index in [2.05, 4.69) is 21.2 Å². The Kier molecular flexibility index (Phi) is 4.96. The summed E-state index contributed by atoms with van der Waals surface area (Å²) >= 11 is 3.17. The van der Waals surface area contributed by atoms with E-state index < -0.39 is 5.82 Å². The zero-order chi connectivity index (χ0) is 15.4. The van der Waals surface area contributed by atoms with Gasteiger partial charge in [-0.05, 0) is 56.3 Å². The van der Waals surface area contributed by atoms with Crippen molar-refractivity contribution in [2.45, 2.75) is 20.0 Å². The Morgan fingerprint density at radius 3 is 2.43 bits per heavy atom. The fraction of sp³-hybridized carbons (Fsp3) is 0.188. The number of anilines is 1. The molecule has 0 radical (unpaired) electrons. The van der Waals surface area contributed by atoms with Crippen LogP contribution in [0, 0.1) is 5.82 Å². The van der Waals surface area contributed by atoms with Crippen LogP contribution in [0.2, 0.25) is 0 Å². The highest BCUT2D eigenvalue weighted by Crippen LogP contribution is 2.20. The first-order chi connectivity index (χ1) is 9.95. The molecule has 3 nitrogen and oxygen atoms in total. The zero-order valence-electron chi connectivity index (χ0n) is 11.7. The van der Waals surface area contributed by atoms with Gasteiger partial charge >= 0.3 is 0 Å². The van der Waals surface area contributed by atoms with E-state index in [0.717, 1.165) is 0 Å². The SMILES string of the molecule is CC(C)Oc1ccc(C(=O)Nc2ccc(Br)cc2F)cc1. The number of nitrogens with one attached hydrogen (secondary N) is 1. The fourth-order valence-electron chi connectivity index (χ4n) is 1.74. The predicted molar refractivity (Wildman–Crippen MR) is 84.3 cm³/mol. The third-order valence-corrected chi connectivity index (χ3v) is 3.16. The molecule has 0 saturated carbocycles. The number of hydrogen-bond acceptors (Lipinski definition) is 2. The van der Waals surface area contributed by atoms with Crippen LogP contribution in [0.15, 0.2) is 46.9 Å². The Balaban J connectivity index is 2.09. The number of hydrogen-bond donors (Lipinski definition) is 1. The molecule has 2 aromatic rings. The summed E-state index contributed by atoms with van der Waals surface area (Å²) in [6, 6.07) is 11.2. The summed E-state index contributed by atoms with van der Waals surface area (Å²) in [5, 5.41) is 2.54. The van der Waals surface area contributed by atoms with E-state index in [1.165, 1.54) is 12.1 Å². The highest BCUT2D eigenvalue weighted by molar-refractivity contribution is 9.10. The van der Waals surface area contributed by atoms with Gasteiger partial charge in [0, 0.05) is 10.0 Å². The normalized spacial score (nSPS) is 10.5. The molecule has 0 unspecified atom stereocenters. The van der Waals surface area contributed by atoms with Gasteiger partial charge in [0.1, 0.15) is 11.6 Å². The first kappa shape index (κ1) is 15.5. The number of benzene rings is 2. The van der Waals surface area contributed by atoms with Crippen LogP contribution in [-0.2, 0) is 0 Å². The number of ether oxygens (including phenoxy) is 1. The number of carbonyl (C=O) groups is 1. The van der Waals surface area contributed by atoms with Crippen LogP contribution >= 0.6 is 15.9 Å². The van der Waals surface area contributed by atoms with E-state index in [4.69, 9.17) is 4.74 Å². The van der Waals surface area contributed by atoms with Crippen LogP contribution in [0.4, 0.5) is 10.1 Å². The summed E-state index contributed by atoms with van der Waals surface area (Å²) < 4.78 is 19.8. The molecule has 0 aliphatic rings. The Hall–Kier alpha value is -1.88. The average molecular weight is 352 g/mol. The molecule has 1 N–H and O–H groups in total. The second-order valence-electron chi connectivity index (χ2n) is 4.77. The monoisotopic (exact) mass is 351 g/mol. The summed E-state index contributed by atoms with van der Waals surface area (Å²) in [6.07, 6.45) is 0.0709. The molecule has 5 heteroatoms. The molecule has 1 amide bonds. The van der Waals surface area contributed by atoms with Gasteiger partial charge < -0.3 is 10.1 Å². The molecule has 0 bridgehead atoms. The third kappa shape index (κ3) is 4.29. The highest BCUT2D eigenvalue weighted by Gasteiger charge is 2.10. The van der Waals surface area contributed by atoms with Crippen LogP contribution in [0.3, 0.4) is 0 Å². The maximum Gasteiger partial charge on any atom is 0.255 e. The molecule has 0 saturated heterocycles. The maximum absolute atomic E-state index is 13.7. The molecule has 0 atom stereocenters. The predicted octanol–water partition coefficient (Wildman–Crippen LogP) is 4.63. The van der Waals surface area contributed by atoms with Gasteiger partial charge in [0.05, 0.1) is 11.8 Å². The van der Waals surface area contributed by atoms with Crippen LogP contribution in [-0.4, -0.2) is 12.0 Å². The van der Waals surface area contributed by atoms with Crippen LogP contribution in [0.25, 0.3) is 0 Å². The summed E-state index contributed by atoms with van der Waals surface area (Å²) in [7, 11) is 0.